The summed E-state index contributed by atoms with van der Waals surface area (Å²) in [6.45, 7) is -2.96. The monoisotopic (exact) mass is 264 g/mol. The summed E-state index contributed by atoms with van der Waals surface area (Å²) < 4.78 is 29.1. The smallest absolute Gasteiger partial charge is 0.387 e. The highest BCUT2D eigenvalue weighted by Gasteiger charge is 2.14. The van der Waals surface area contributed by atoms with Gasteiger partial charge >= 0.3 is 6.61 Å². The Morgan fingerprint density at radius 3 is 2.63 bits per heavy atom. The lowest BCUT2D eigenvalue weighted by Gasteiger charge is -2.11. The number of ether oxygens (including phenoxy) is 1. The molecule has 0 aliphatic rings. The highest BCUT2D eigenvalue weighted by Crippen LogP contribution is 2.30. The molecule has 0 saturated heterocycles. The van der Waals surface area contributed by atoms with Crippen LogP contribution < -0.4 is 10.5 Å². The Labute approximate surface area is 107 Å². The van der Waals surface area contributed by atoms with Crippen LogP contribution >= 0.6 is 0 Å². The lowest BCUT2D eigenvalue weighted by molar-refractivity contribution is -0.0494. The molecular weight excluding hydrogens is 254 g/mol. The number of carbonyl (C=O) groups excluding carboxylic acids is 1. The number of benzene rings is 1. The number of nitrogens with two attached hydrogens (primary N) is 1. The number of amides is 1. The maximum Gasteiger partial charge on any atom is 0.387 e. The van der Waals surface area contributed by atoms with Crippen molar-refractivity contribution < 1.29 is 18.3 Å². The van der Waals surface area contributed by atoms with Gasteiger partial charge in [0.15, 0.2) is 0 Å². The summed E-state index contributed by atoms with van der Waals surface area (Å²) in [5.74, 6) is -0.709. The first-order valence-corrected chi connectivity index (χ1v) is 5.38. The van der Waals surface area contributed by atoms with Crippen LogP contribution in [0.2, 0.25) is 0 Å². The highest BCUT2D eigenvalue weighted by molar-refractivity contribution is 5.94. The molecule has 98 valence electrons. The molecule has 0 atom stereocenters. The third kappa shape index (κ3) is 3.04. The van der Waals surface area contributed by atoms with Crippen LogP contribution in [0, 0.1) is 0 Å². The standard InChI is InChI=1S/C13H10F2N2O2/c14-13(15)19-11-5-4-8(12(16)18)7-9(11)10-3-1-2-6-17-10/h1-7,13H,(H2,16,18). The molecule has 0 unspecified atom stereocenters. The zero-order valence-electron chi connectivity index (χ0n) is 9.72. The van der Waals surface area contributed by atoms with E-state index < -0.39 is 12.5 Å². The summed E-state index contributed by atoms with van der Waals surface area (Å²) in [5.41, 5.74) is 6.07. The van der Waals surface area contributed by atoms with Crippen LogP contribution in [0.5, 0.6) is 5.75 Å². The zero-order chi connectivity index (χ0) is 13.8. The Hall–Kier alpha value is -2.50. The fourth-order valence-corrected chi connectivity index (χ4v) is 1.60. The van der Waals surface area contributed by atoms with Gasteiger partial charge in [0.25, 0.3) is 0 Å². The number of hydrogen-bond acceptors (Lipinski definition) is 3. The van der Waals surface area contributed by atoms with Crippen molar-refractivity contribution >= 4 is 5.91 Å². The molecule has 1 aromatic heterocycles. The van der Waals surface area contributed by atoms with Crippen LogP contribution in [-0.4, -0.2) is 17.5 Å². The highest BCUT2D eigenvalue weighted by atomic mass is 19.3. The SMILES string of the molecule is NC(=O)c1ccc(OC(F)F)c(-c2ccccn2)c1. The van der Waals surface area contributed by atoms with Gasteiger partial charge in [-0.3, -0.25) is 9.78 Å². The summed E-state index contributed by atoms with van der Waals surface area (Å²) >= 11 is 0. The van der Waals surface area contributed by atoms with E-state index in [1.165, 1.54) is 24.4 Å². The number of alkyl halides is 2. The van der Waals surface area contributed by atoms with Crippen molar-refractivity contribution in [3.63, 3.8) is 0 Å². The normalized spacial score (nSPS) is 10.5. The summed E-state index contributed by atoms with van der Waals surface area (Å²) in [7, 11) is 0. The molecular formula is C13H10F2N2O2. The molecule has 1 amide bonds. The lowest BCUT2D eigenvalue weighted by Crippen LogP contribution is -2.11. The second-order valence-corrected chi connectivity index (χ2v) is 3.67. The van der Waals surface area contributed by atoms with Crippen molar-refractivity contribution in [1.82, 2.24) is 4.98 Å². The van der Waals surface area contributed by atoms with Crippen molar-refractivity contribution in [2.45, 2.75) is 6.61 Å². The van der Waals surface area contributed by atoms with E-state index in [-0.39, 0.29) is 16.9 Å². The van der Waals surface area contributed by atoms with E-state index >= 15 is 0 Å². The van der Waals surface area contributed by atoms with E-state index in [0.717, 1.165) is 0 Å². The molecule has 0 aliphatic heterocycles. The molecule has 0 saturated carbocycles. The number of halogens is 2. The van der Waals surface area contributed by atoms with Crippen LogP contribution in [0.25, 0.3) is 11.3 Å². The number of pyridine rings is 1. The topological polar surface area (TPSA) is 65.2 Å². The average molecular weight is 264 g/mol. The molecule has 0 spiro atoms. The fourth-order valence-electron chi connectivity index (χ4n) is 1.60. The summed E-state index contributed by atoms with van der Waals surface area (Å²) in [5, 5.41) is 0. The van der Waals surface area contributed by atoms with Gasteiger partial charge in [-0.05, 0) is 30.3 Å². The van der Waals surface area contributed by atoms with E-state index in [0.29, 0.717) is 5.69 Å². The largest absolute Gasteiger partial charge is 0.434 e. The van der Waals surface area contributed by atoms with Gasteiger partial charge in [-0.1, -0.05) is 6.07 Å². The summed E-state index contributed by atoms with van der Waals surface area (Å²) in [4.78, 5) is 15.2. The van der Waals surface area contributed by atoms with Crippen molar-refractivity contribution in [2.75, 3.05) is 0 Å². The summed E-state index contributed by atoms with van der Waals surface area (Å²) in [6.07, 6.45) is 1.51. The zero-order valence-corrected chi connectivity index (χ0v) is 9.72. The molecule has 2 N–H and O–H groups in total. The molecule has 1 aromatic carbocycles. The Morgan fingerprint density at radius 2 is 2.05 bits per heavy atom. The van der Waals surface area contributed by atoms with Crippen LogP contribution in [-0.2, 0) is 0 Å². The molecule has 19 heavy (non-hydrogen) atoms. The van der Waals surface area contributed by atoms with Gasteiger partial charge in [0.2, 0.25) is 5.91 Å². The quantitative estimate of drug-likeness (QED) is 0.922. The minimum absolute atomic E-state index is 0.0568. The predicted molar refractivity (Wildman–Crippen MR) is 64.8 cm³/mol. The van der Waals surface area contributed by atoms with Crippen LogP contribution in [0.1, 0.15) is 10.4 Å². The molecule has 2 rings (SSSR count). The van der Waals surface area contributed by atoms with Gasteiger partial charge in [0.05, 0.1) is 5.69 Å². The third-order valence-corrected chi connectivity index (χ3v) is 2.42. The van der Waals surface area contributed by atoms with E-state index in [9.17, 15) is 13.6 Å². The molecule has 6 heteroatoms. The molecule has 0 aliphatic carbocycles. The molecule has 1 heterocycles. The minimum Gasteiger partial charge on any atom is -0.434 e. The molecule has 0 fully saturated rings. The number of aromatic nitrogens is 1. The van der Waals surface area contributed by atoms with Gasteiger partial charge in [0.1, 0.15) is 5.75 Å². The molecule has 0 bridgehead atoms. The maximum atomic E-state index is 12.3. The first-order valence-electron chi connectivity index (χ1n) is 5.38. The Kier molecular flexibility index (Phi) is 3.70. The second kappa shape index (κ2) is 5.43. The van der Waals surface area contributed by atoms with Crippen LogP contribution in [0.4, 0.5) is 8.78 Å². The van der Waals surface area contributed by atoms with Gasteiger partial charge in [-0.2, -0.15) is 8.78 Å². The van der Waals surface area contributed by atoms with Crippen molar-refractivity contribution in [3.05, 3.63) is 48.2 Å². The number of rotatable bonds is 4. The van der Waals surface area contributed by atoms with Crippen molar-refractivity contribution in [3.8, 4) is 17.0 Å². The van der Waals surface area contributed by atoms with E-state index in [4.69, 9.17) is 5.73 Å². The van der Waals surface area contributed by atoms with Gasteiger partial charge in [0, 0.05) is 17.3 Å². The van der Waals surface area contributed by atoms with Gasteiger partial charge in [-0.15, -0.1) is 0 Å². The van der Waals surface area contributed by atoms with Gasteiger partial charge < -0.3 is 10.5 Å². The van der Waals surface area contributed by atoms with Crippen molar-refractivity contribution in [1.29, 1.82) is 0 Å². The first-order chi connectivity index (χ1) is 9.08. The number of hydrogen-bond donors (Lipinski definition) is 1. The number of nitrogens with zero attached hydrogens (tertiary/aromatic N) is 1. The first kappa shape index (κ1) is 12.9. The average Bonchev–Trinajstić information content (AvgIpc) is 2.39. The van der Waals surface area contributed by atoms with Crippen molar-refractivity contribution in [2.24, 2.45) is 5.73 Å². The second-order valence-electron chi connectivity index (χ2n) is 3.67. The lowest BCUT2D eigenvalue weighted by atomic mass is 10.1. The van der Waals surface area contributed by atoms with E-state index in [2.05, 4.69) is 9.72 Å². The van der Waals surface area contributed by atoms with Crippen LogP contribution in [0.15, 0.2) is 42.6 Å². The molecule has 4 nitrogen and oxygen atoms in total. The predicted octanol–water partition coefficient (Wildman–Crippen LogP) is 2.45. The minimum atomic E-state index is -2.96. The fraction of sp³-hybridized carbons (Fsp3) is 0.0769. The van der Waals surface area contributed by atoms with E-state index in [1.54, 1.807) is 18.2 Å². The Bertz CT molecular complexity index is 588. The third-order valence-electron chi connectivity index (χ3n) is 2.42. The maximum absolute atomic E-state index is 12.3. The molecule has 2 aromatic rings. The summed E-state index contributed by atoms with van der Waals surface area (Å²) in [6, 6.07) is 8.99. The number of primary amides is 1. The molecule has 0 radical (unpaired) electrons. The van der Waals surface area contributed by atoms with E-state index in [1.807, 2.05) is 0 Å². The van der Waals surface area contributed by atoms with Crippen LogP contribution in [0.3, 0.4) is 0 Å². The van der Waals surface area contributed by atoms with Gasteiger partial charge in [-0.25, -0.2) is 0 Å². The Balaban J connectivity index is 2.53. The number of carbonyl (C=O) groups is 1. The Morgan fingerprint density at radius 1 is 1.26 bits per heavy atom.